The molecule has 1 aromatic heterocycles. The largest absolute Gasteiger partial charge is 0.339 e. The molecule has 1 amide bonds. The minimum absolute atomic E-state index is 0.0596. The second-order valence-corrected chi connectivity index (χ2v) is 12.3. The van der Waals surface area contributed by atoms with Gasteiger partial charge in [0.25, 0.3) is 0 Å². The number of hydrogen-bond donors (Lipinski definition) is 0. The molecule has 6 nitrogen and oxygen atoms in total. The van der Waals surface area contributed by atoms with Crippen molar-refractivity contribution in [2.75, 3.05) is 32.7 Å². The molecule has 1 fully saturated rings. The summed E-state index contributed by atoms with van der Waals surface area (Å²) in [4.78, 5) is 19.2. The lowest BCUT2D eigenvalue weighted by molar-refractivity contribution is -0.135. The van der Waals surface area contributed by atoms with Crippen LogP contribution in [-0.2, 0) is 21.2 Å². The summed E-state index contributed by atoms with van der Waals surface area (Å²) in [7, 11) is -3.58. The number of benzene rings is 2. The van der Waals surface area contributed by atoms with Crippen LogP contribution in [-0.4, -0.2) is 67.2 Å². The number of carbonyl (C=O) groups excluding carboxylic acids is 1. The third-order valence-electron chi connectivity index (χ3n) is 7.07. The summed E-state index contributed by atoms with van der Waals surface area (Å²) < 4.78 is 27.8. The number of rotatable bonds is 5. The molecule has 3 heterocycles. The fraction of sp³-hybridized carbons (Fsp3) is 0.370. The van der Waals surface area contributed by atoms with Gasteiger partial charge in [-0.1, -0.05) is 48.0 Å². The average molecular weight is 510 g/mol. The zero-order valence-corrected chi connectivity index (χ0v) is 21.8. The first-order valence-corrected chi connectivity index (χ1v) is 14.4. The number of nitrogens with zero attached hydrogens (tertiary/aromatic N) is 3. The standard InChI is InChI=1S/C27H31N3O3S2/c1-20-8-10-22(11-9-20)27-24-13-17-34-25(24)12-14-29(27)19-26(31)28-15-16-30(21(2)18-28)35(32,33)23-6-4-3-5-7-23/h3-11,13,17,21,27H,12,14-16,18-19H2,1-2H3. The SMILES string of the molecule is Cc1ccc(C2c3ccsc3CCN2CC(=O)N2CCN(S(=O)(=O)c3ccccc3)C(C)C2)cc1. The number of piperazine rings is 1. The van der Waals surface area contributed by atoms with Gasteiger partial charge in [0.05, 0.1) is 17.5 Å². The van der Waals surface area contributed by atoms with Gasteiger partial charge >= 0.3 is 0 Å². The predicted octanol–water partition coefficient (Wildman–Crippen LogP) is 3.93. The van der Waals surface area contributed by atoms with Crippen molar-refractivity contribution in [3.63, 3.8) is 0 Å². The Labute approximate surface area is 211 Å². The van der Waals surface area contributed by atoms with E-state index in [1.54, 1.807) is 35.6 Å². The van der Waals surface area contributed by atoms with Gasteiger partial charge < -0.3 is 4.90 Å². The van der Waals surface area contributed by atoms with Crippen LogP contribution in [0, 0.1) is 6.92 Å². The van der Waals surface area contributed by atoms with Crippen molar-refractivity contribution in [2.45, 2.75) is 37.2 Å². The molecule has 0 saturated carbocycles. The summed E-state index contributed by atoms with van der Waals surface area (Å²) in [6, 6.07) is 19.1. The molecule has 8 heteroatoms. The lowest BCUT2D eigenvalue weighted by Gasteiger charge is -2.41. The van der Waals surface area contributed by atoms with Crippen LogP contribution in [0.5, 0.6) is 0 Å². The Bertz CT molecular complexity index is 1290. The van der Waals surface area contributed by atoms with Crippen molar-refractivity contribution in [1.82, 2.24) is 14.1 Å². The number of carbonyl (C=O) groups is 1. The molecule has 0 spiro atoms. The third kappa shape index (κ3) is 4.80. The zero-order chi connectivity index (χ0) is 24.6. The quantitative estimate of drug-likeness (QED) is 0.523. The van der Waals surface area contributed by atoms with E-state index in [4.69, 9.17) is 0 Å². The molecule has 2 aliphatic rings. The molecule has 2 atom stereocenters. The lowest BCUT2D eigenvalue weighted by Crippen LogP contribution is -2.57. The molecular formula is C27H31N3O3S2. The van der Waals surface area contributed by atoms with Crippen LogP contribution in [0.25, 0.3) is 0 Å². The molecule has 2 aliphatic heterocycles. The number of thiophene rings is 1. The molecule has 0 N–H and O–H groups in total. The lowest BCUT2D eigenvalue weighted by atomic mass is 9.92. The second-order valence-electron chi connectivity index (χ2n) is 9.45. The zero-order valence-electron chi connectivity index (χ0n) is 20.1. The summed E-state index contributed by atoms with van der Waals surface area (Å²) in [5.74, 6) is 0.0596. The van der Waals surface area contributed by atoms with E-state index in [0.29, 0.717) is 31.1 Å². The normalized spacial score (nSPS) is 21.6. The number of fused-ring (bicyclic) bond motifs is 1. The number of aryl methyl sites for hydroxylation is 1. The topological polar surface area (TPSA) is 60.9 Å². The van der Waals surface area contributed by atoms with Gasteiger partial charge in [-0.15, -0.1) is 11.3 Å². The highest BCUT2D eigenvalue weighted by Crippen LogP contribution is 2.37. The van der Waals surface area contributed by atoms with E-state index in [0.717, 1.165) is 13.0 Å². The van der Waals surface area contributed by atoms with Crippen molar-refractivity contribution in [2.24, 2.45) is 0 Å². The van der Waals surface area contributed by atoms with E-state index in [1.165, 1.54) is 25.9 Å². The van der Waals surface area contributed by atoms with E-state index < -0.39 is 10.0 Å². The Hall–Kier alpha value is -2.52. The van der Waals surface area contributed by atoms with E-state index >= 15 is 0 Å². The van der Waals surface area contributed by atoms with Crippen LogP contribution >= 0.6 is 11.3 Å². The highest BCUT2D eigenvalue weighted by atomic mass is 32.2. The second kappa shape index (κ2) is 9.85. The Kier molecular flexibility index (Phi) is 6.81. The van der Waals surface area contributed by atoms with Gasteiger partial charge in [-0.3, -0.25) is 9.69 Å². The smallest absolute Gasteiger partial charge is 0.243 e. The Morgan fingerprint density at radius 2 is 1.74 bits per heavy atom. The first-order chi connectivity index (χ1) is 16.8. The first kappa shape index (κ1) is 24.2. The van der Waals surface area contributed by atoms with Gasteiger partial charge in [0.1, 0.15) is 0 Å². The molecule has 0 aliphatic carbocycles. The molecule has 0 radical (unpaired) electrons. The summed E-state index contributed by atoms with van der Waals surface area (Å²) in [6.07, 6.45) is 0.947. The molecule has 5 rings (SSSR count). The summed E-state index contributed by atoms with van der Waals surface area (Å²) in [5, 5.41) is 2.14. The van der Waals surface area contributed by atoms with Crippen LogP contribution in [0.4, 0.5) is 0 Å². The van der Waals surface area contributed by atoms with Gasteiger partial charge in [-0.05, 0) is 55.0 Å². The Balaban J connectivity index is 1.30. The van der Waals surface area contributed by atoms with Crippen LogP contribution in [0.2, 0.25) is 0 Å². The van der Waals surface area contributed by atoms with Gasteiger partial charge in [0, 0.05) is 37.1 Å². The number of amides is 1. The maximum atomic E-state index is 13.4. The molecule has 2 aromatic carbocycles. The first-order valence-electron chi connectivity index (χ1n) is 12.1. The highest BCUT2D eigenvalue weighted by molar-refractivity contribution is 7.89. The third-order valence-corrected chi connectivity index (χ3v) is 10.1. The van der Waals surface area contributed by atoms with E-state index in [2.05, 4.69) is 47.5 Å². The van der Waals surface area contributed by atoms with Crippen LogP contribution in [0.1, 0.15) is 34.5 Å². The minimum Gasteiger partial charge on any atom is -0.339 e. The maximum absolute atomic E-state index is 13.4. The van der Waals surface area contributed by atoms with Gasteiger partial charge in [0.15, 0.2) is 0 Å². The fourth-order valence-electron chi connectivity index (χ4n) is 5.20. The van der Waals surface area contributed by atoms with E-state index in [9.17, 15) is 13.2 Å². The van der Waals surface area contributed by atoms with Crippen LogP contribution in [0.15, 0.2) is 70.9 Å². The average Bonchev–Trinajstić information content (AvgIpc) is 3.34. The number of sulfonamides is 1. The Morgan fingerprint density at radius 3 is 2.46 bits per heavy atom. The van der Waals surface area contributed by atoms with Gasteiger partial charge in [-0.2, -0.15) is 4.31 Å². The van der Waals surface area contributed by atoms with Crippen LogP contribution < -0.4 is 0 Å². The van der Waals surface area contributed by atoms with Crippen molar-refractivity contribution >= 4 is 27.3 Å². The molecule has 2 unspecified atom stereocenters. The number of hydrogen-bond acceptors (Lipinski definition) is 5. The molecule has 1 saturated heterocycles. The summed E-state index contributed by atoms with van der Waals surface area (Å²) >= 11 is 1.79. The van der Waals surface area contributed by atoms with E-state index in [1.807, 2.05) is 17.9 Å². The van der Waals surface area contributed by atoms with Crippen molar-refractivity contribution in [3.05, 3.63) is 87.6 Å². The van der Waals surface area contributed by atoms with Gasteiger partial charge in [0.2, 0.25) is 15.9 Å². The maximum Gasteiger partial charge on any atom is 0.243 e. The summed E-state index contributed by atoms with van der Waals surface area (Å²) in [6.45, 7) is 6.23. The summed E-state index contributed by atoms with van der Waals surface area (Å²) in [5.41, 5.74) is 3.72. The minimum atomic E-state index is -3.58. The van der Waals surface area contributed by atoms with E-state index in [-0.39, 0.29) is 18.0 Å². The fourth-order valence-corrected chi connectivity index (χ4v) is 7.74. The molecule has 184 valence electrons. The Morgan fingerprint density at radius 1 is 1.00 bits per heavy atom. The van der Waals surface area contributed by atoms with Crippen LogP contribution in [0.3, 0.4) is 0 Å². The van der Waals surface area contributed by atoms with Crippen molar-refractivity contribution in [1.29, 1.82) is 0 Å². The van der Waals surface area contributed by atoms with Crippen molar-refractivity contribution in [3.8, 4) is 0 Å². The molecular weight excluding hydrogens is 478 g/mol. The molecule has 35 heavy (non-hydrogen) atoms. The predicted molar refractivity (Wildman–Crippen MR) is 139 cm³/mol. The molecule has 0 bridgehead atoms. The van der Waals surface area contributed by atoms with Crippen molar-refractivity contribution < 1.29 is 13.2 Å². The highest BCUT2D eigenvalue weighted by Gasteiger charge is 2.37. The van der Waals surface area contributed by atoms with Gasteiger partial charge in [-0.25, -0.2) is 8.42 Å². The molecule has 3 aromatic rings. The monoisotopic (exact) mass is 509 g/mol.